The van der Waals surface area contributed by atoms with Crippen molar-refractivity contribution in [2.45, 2.75) is 25.4 Å². The van der Waals surface area contributed by atoms with E-state index in [4.69, 9.17) is 10.5 Å². The normalized spacial score (nSPS) is 12.3. The van der Waals surface area contributed by atoms with Gasteiger partial charge in [0, 0.05) is 31.0 Å². The van der Waals surface area contributed by atoms with Gasteiger partial charge in [-0.25, -0.2) is 4.39 Å². The zero-order valence-electron chi connectivity index (χ0n) is 16.8. The highest BCUT2D eigenvalue weighted by molar-refractivity contribution is 5.98. The molecule has 1 heterocycles. The van der Waals surface area contributed by atoms with Crippen molar-refractivity contribution < 1.29 is 31.9 Å². The number of pyridine rings is 1. The largest absolute Gasteiger partial charge is 0.425 e. The Kier molecular flexibility index (Phi) is 6.57. The SMILES string of the molecule is CC(=O)Oc1ccc(C(=O)C[C@@H](c2ccc(C(F)(F)F)cc2)c2ncccc2F)cc1N. The zero-order valence-corrected chi connectivity index (χ0v) is 16.8. The van der Waals surface area contributed by atoms with Crippen LogP contribution in [0, 0.1) is 5.82 Å². The third kappa shape index (κ3) is 5.29. The van der Waals surface area contributed by atoms with Crippen molar-refractivity contribution in [2.75, 3.05) is 5.73 Å². The van der Waals surface area contributed by atoms with Gasteiger partial charge in [-0.3, -0.25) is 14.6 Å². The van der Waals surface area contributed by atoms with E-state index in [1.807, 2.05) is 0 Å². The Hall–Kier alpha value is -3.75. The lowest BCUT2D eigenvalue weighted by molar-refractivity contribution is -0.137. The van der Waals surface area contributed by atoms with E-state index in [-0.39, 0.29) is 29.1 Å². The summed E-state index contributed by atoms with van der Waals surface area (Å²) in [4.78, 5) is 28.0. The molecule has 166 valence electrons. The first-order chi connectivity index (χ1) is 15.1. The summed E-state index contributed by atoms with van der Waals surface area (Å²) in [5.41, 5.74) is 5.44. The van der Waals surface area contributed by atoms with Crippen LogP contribution in [0.5, 0.6) is 5.75 Å². The number of nitrogens with zero attached hydrogens (tertiary/aromatic N) is 1. The van der Waals surface area contributed by atoms with Crippen LogP contribution in [-0.4, -0.2) is 16.7 Å². The molecule has 0 spiro atoms. The number of nitrogen functional groups attached to an aromatic ring is 1. The lowest BCUT2D eigenvalue weighted by Crippen LogP contribution is -2.13. The van der Waals surface area contributed by atoms with Gasteiger partial charge in [0.05, 0.1) is 16.9 Å². The van der Waals surface area contributed by atoms with Crippen LogP contribution in [0.1, 0.15) is 46.4 Å². The Morgan fingerprint density at radius 1 is 1.09 bits per heavy atom. The summed E-state index contributed by atoms with van der Waals surface area (Å²) in [5.74, 6) is -2.55. The van der Waals surface area contributed by atoms with Gasteiger partial charge in [-0.15, -0.1) is 0 Å². The average Bonchev–Trinajstić information content (AvgIpc) is 2.73. The molecule has 0 aliphatic rings. The molecule has 1 atom stereocenters. The highest BCUT2D eigenvalue weighted by atomic mass is 19.4. The smallest absolute Gasteiger partial charge is 0.416 e. The van der Waals surface area contributed by atoms with Gasteiger partial charge in [0.15, 0.2) is 11.5 Å². The highest BCUT2D eigenvalue weighted by Gasteiger charge is 2.31. The molecule has 0 bridgehead atoms. The number of nitrogens with two attached hydrogens (primary N) is 1. The summed E-state index contributed by atoms with van der Waals surface area (Å²) >= 11 is 0. The van der Waals surface area contributed by atoms with Gasteiger partial charge in [0.25, 0.3) is 0 Å². The maximum Gasteiger partial charge on any atom is 0.416 e. The number of ketones is 1. The Morgan fingerprint density at radius 2 is 1.78 bits per heavy atom. The summed E-state index contributed by atoms with van der Waals surface area (Å²) in [5, 5.41) is 0. The molecule has 1 aromatic heterocycles. The highest BCUT2D eigenvalue weighted by Crippen LogP contribution is 2.34. The molecule has 0 amide bonds. The third-order valence-corrected chi connectivity index (χ3v) is 4.73. The number of rotatable bonds is 6. The van der Waals surface area contributed by atoms with Gasteiger partial charge in [-0.1, -0.05) is 12.1 Å². The molecule has 9 heteroatoms. The van der Waals surface area contributed by atoms with Crippen LogP contribution in [0.4, 0.5) is 23.2 Å². The fourth-order valence-electron chi connectivity index (χ4n) is 3.20. The standard InChI is InChI=1S/C23H18F4N2O3/c1-13(30)32-21-9-6-15(11-19(21)28)20(31)12-17(22-18(24)3-2-10-29-22)14-4-7-16(8-5-14)23(25,26)27/h2-11,17H,12,28H2,1H3/t17-/m0/s1. The fraction of sp³-hybridized carbons (Fsp3) is 0.174. The lowest BCUT2D eigenvalue weighted by atomic mass is 9.87. The van der Waals surface area contributed by atoms with E-state index >= 15 is 0 Å². The summed E-state index contributed by atoms with van der Waals surface area (Å²) < 4.78 is 58.1. The van der Waals surface area contributed by atoms with Gasteiger partial charge in [-0.2, -0.15) is 13.2 Å². The second-order valence-electron chi connectivity index (χ2n) is 7.02. The number of alkyl halides is 3. The van der Waals surface area contributed by atoms with Gasteiger partial charge in [0.1, 0.15) is 5.82 Å². The number of carbonyl (C=O) groups excluding carboxylic acids is 2. The van der Waals surface area contributed by atoms with Gasteiger partial charge < -0.3 is 10.5 Å². The monoisotopic (exact) mass is 446 g/mol. The van der Waals surface area contributed by atoms with Crippen LogP contribution in [-0.2, 0) is 11.0 Å². The van der Waals surface area contributed by atoms with E-state index in [1.54, 1.807) is 0 Å². The van der Waals surface area contributed by atoms with E-state index < -0.39 is 35.2 Å². The number of benzene rings is 2. The van der Waals surface area contributed by atoms with E-state index in [0.29, 0.717) is 5.56 Å². The molecule has 0 fully saturated rings. The number of Topliss-reactive ketones (excluding diaryl/α,β-unsaturated/α-hetero) is 1. The lowest BCUT2D eigenvalue weighted by Gasteiger charge is -2.18. The van der Waals surface area contributed by atoms with E-state index in [1.165, 1.54) is 49.5 Å². The van der Waals surface area contributed by atoms with E-state index in [2.05, 4.69) is 4.98 Å². The zero-order chi connectivity index (χ0) is 23.5. The molecule has 2 N–H and O–H groups in total. The number of hydrogen-bond donors (Lipinski definition) is 1. The molecule has 5 nitrogen and oxygen atoms in total. The maximum absolute atomic E-state index is 14.5. The van der Waals surface area contributed by atoms with Crippen molar-refractivity contribution in [1.82, 2.24) is 4.98 Å². The summed E-state index contributed by atoms with van der Waals surface area (Å²) in [7, 11) is 0. The predicted molar refractivity (Wildman–Crippen MR) is 109 cm³/mol. The summed E-state index contributed by atoms with van der Waals surface area (Å²) in [6, 6.07) is 10.8. The molecule has 0 saturated heterocycles. The molecular weight excluding hydrogens is 428 g/mol. The van der Waals surface area contributed by atoms with Crippen LogP contribution in [0.15, 0.2) is 60.8 Å². The second kappa shape index (κ2) is 9.17. The number of ether oxygens (including phenoxy) is 1. The minimum atomic E-state index is -4.53. The number of aromatic nitrogens is 1. The second-order valence-corrected chi connectivity index (χ2v) is 7.02. The van der Waals surface area contributed by atoms with Crippen molar-refractivity contribution in [1.29, 1.82) is 0 Å². The predicted octanol–water partition coefficient (Wildman–Crippen LogP) is 5.15. The van der Waals surface area contributed by atoms with Gasteiger partial charge >= 0.3 is 12.1 Å². The molecule has 0 unspecified atom stereocenters. The first kappa shape index (κ1) is 22.9. The summed E-state index contributed by atoms with van der Waals surface area (Å²) in [6.45, 7) is 1.20. The minimum absolute atomic E-state index is 0.0566. The summed E-state index contributed by atoms with van der Waals surface area (Å²) in [6.07, 6.45) is -3.46. The van der Waals surface area contributed by atoms with Crippen LogP contribution >= 0.6 is 0 Å². The van der Waals surface area contributed by atoms with E-state index in [0.717, 1.165) is 18.2 Å². The number of esters is 1. The van der Waals surface area contributed by atoms with Crippen LogP contribution < -0.4 is 10.5 Å². The Labute approximate surface area is 180 Å². The number of halogens is 4. The van der Waals surface area contributed by atoms with Crippen LogP contribution in [0.25, 0.3) is 0 Å². The van der Waals surface area contributed by atoms with Crippen molar-refractivity contribution in [3.63, 3.8) is 0 Å². The first-order valence-electron chi connectivity index (χ1n) is 9.45. The molecule has 32 heavy (non-hydrogen) atoms. The molecule has 2 aromatic carbocycles. The fourth-order valence-corrected chi connectivity index (χ4v) is 3.20. The van der Waals surface area contributed by atoms with Crippen LogP contribution in [0.2, 0.25) is 0 Å². The van der Waals surface area contributed by atoms with Crippen molar-refractivity contribution in [3.8, 4) is 5.75 Å². The average molecular weight is 446 g/mol. The molecule has 0 saturated carbocycles. The molecule has 0 aliphatic heterocycles. The Bertz CT molecular complexity index is 1140. The minimum Gasteiger partial charge on any atom is -0.425 e. The molecule has 0 aliphatic carbocycles. The van der Waals surface area contributed by atoms with Crippen molar-refractivity contribution >= 4 is 17.4 Å². The van der Waals surface area contributed by atoms with Gasteiger partial charge in [-0.05, 0) is 48.0 Å². The Morgan fingerprint density at radius 3 is 2.34 bits per heavy atom. The molecular formula is C23H18F4N2O3. The molecule has 3 aromatic rings. The molecule has 3 rings (SSSR count). The first-order valence-corrected chi connectivity index (χ1v) is 9.45. The van der Waals surface area contributed by atoms with E-state index in [9.17, 15) is 27.2 Å². The van der Waals surface area contributed by atoms with Crippen molar-refractivity contribution in [3.05, 3.63) is 89.0 Å². The maximum atomic E-state index is 14.5. The van der Waals surface area contributed by atoms with Crippen molar-refractivity contribution in [2.24, 2.45) is 0 Å². The Balaban J connectivity index is 1.95. The topological polar surface area (TPSA) is 82.3 Å². The number of anilines is 1. The third-order valence-electron chi connectivity index (χ3n) is 4.73. The van der Waals surface area contributed by atoms with Gasteiger partial charge in [0.2, 0.25) is 0 Å². The van der Waals surface area contributed by atoms with Crippen LogP contribution in [0.3, 0.4) is 0 Å². The molecule has 0 radical (unpaired) electrons. The number of carbonyl (C=O) groups is 2. The number of hydrogen-bond acceptors (Lipinski definition) is 5. The quantitative estimate of drug-likeness (QED) is 0.186.